The van der Waals surface area contributed by atoms with Gasteiger partial charge in [0.05, 0.1) is 23.3 Å². The predicted molar refractivity (Wildman–Crippen MR) is 63.5 cm³/mol. The van der Waals surface area contributed by atoms with Crippen molar-refractivity contribution in [2.75, 3.05) is 6.61 Å². The molecule has 6 nitrogen and oxygen atoms in total. The van der Waals surface area contributed by atoms with E-state index in [0.717, 1.165) is 4.73 Å². The minimum Gasteiger partial charge on any atom is -0.618 e. The van der Waals surface area contributed by atoms with Gasteiger partial charge in [-0.1, -0.05) is 0 Å². The molecule has 0 amide bonds. The van der Waals surface area contributed by atoms with E-state index in [-0.39, 0.29) is 12.2 Å². The van der Waals surface area contributed by atoms with Gasteiger partial charge in [-0.05, 0) is 13.8 Å². The van der Waals surface area contributed by atoms with Crippen LogP contribution in [0.15, 0.2) is 12.3 Å². The van der Waals surface area contributed by atoms with Gasteiger partial charge in [-0.3, -0.25) is 0 Å². The number of hydrogen-bond acceptors (Lipinski definition) is 4. The summed E-state index contributed by atoms with van der Waals surface area (Å²) in [7, 11) is 0. The number of carbonyl (C=O) groups excluding carboxylic acids is 1. The third-order valence-electron chi connectivity index (χ3n) is 2.87. The molecular weight excluding hydrogens is 236 g/mol. The fourth-order valence-electron chi connectivity index (χ4n) is 1.93. The molecule has 0 aliphatic rings. The van der Waals surface area contributed by atoms with Crippen molar-refractivity contribution < 1.29 is 19.5 Å². The maximum Gasteiger partial charge on any atom is 0.340 e. The van der Waals surface area contributed by atoms with Crippen LogP contribution in [-0.4, -0.2) is 22.5 Å². The Balaban J connectivity index is 2.77. The number of nitrogens with zero attached hydrogens (tertiary/aromatic N) is 2. The molecule has 6 heteroatoms. The highest BCUT2D eigenvalue weighted by molar-refractivity contribution is 6.05. The highest BCUT2D eigenvalue weighted by Crippen LogP contribution is 2.24. The smallest absolute Gasteiger partial charge is 0.340 e. The average Bonchev–Trinajstić information content (AvgIpc) is 2.54. The standard InChI is InChI=1S/C12H14N2O4/c1-4-18-12(15)11-8(3)14(17)10-5-7(2)13(16)6-9(10)11/h5-6,17H,4H2,1-3H3. The van der Waals surface area contributed by atoms with Crippen LogP contribution in [0.25, 0.3) is 10.9 Å². The van der Waals surface area contributed by atoms with Crippen LogP contribution in [0.4, 0.5) is 0 Å². The second-order valence-electron chi connectivity index (χ2n) is 4.03. The largest absolute Gasteiger partial charge is 0.618 e. The lowest BCUT2D eigenvalue weighted by atomic mass is 10.1. The molecule has 0 saturated heterocycles. The number of pyridine rings is 1. The van der Waals surface area contributed by atoms with E-state index in [1.165, 1.54) is 12.3 Å². The molecule has 2 rings (SSSR count). The molecule has 0 unspecified atom stereocenters. The lowest BCUT2D eigenvalue weighted by molar-refractivity contribution is -0.610. The second-order valence-corrected chi connectivity index (χ2v) is 4.03. The Hall–Kier alpha value is -2.24. The number of aromatic nitrogens is 2. The zero-order valence-corrected chi connectivity index (χ0v) is 10.4. The van der Waals surface area contributed by atoms with E-state index in [4.69, 9.17) is 4.74 Å². The molecular formula is C12H14N2O4. The zero-order valence-electron chi connectivity index (χ0n) is 10.4. The Bertz CT molecular complexity index is 631. The number of rotatable bonds is 2. The van der Waals surface area contributed by atoms with E-state index in [9.17, 15) is 15.2 Å². The van der Waals surface area contributed by atoms with Crippen molar-refractivity contribution in [1.29, 1.82) is 0 Å². The topological polar surface area (TPSA) is 78.4 Å². The SMILES string of the molecule is CCOC(=O)c1c(C)n(O)c2cc(C)[n+]([O-])cc12. The van der Waals surface area contributed by atoms with Crippen LogP contribution in [0.1, 0.15) is 28.7 Å². The quantitative estimate of drug-likeness (QED) is 0.377. The van der Waals surface area contributed by atoms with Crippen LogP contribution in [0, 0.1) is 19.1 Å². The third-order valence-corrected chi connectivity index (χ3v) is 2.87. The van der Waals surface area contributed by atoms with Gasteiger partial charge in [0.1, 0.15) is 5.52 Å². The molecule has 0 saturated carbocycles. The van der Waals surface area contributed by atoms with Crippen LogP contribution in [0.2, 0.25) is 0 Å². The van der Waals surface area contributed by atoms with Crippen molar-refractivity contribution in [2.45, 2.75) is 20.8 Å². The van der Waals surface area contributed by atoms with E-state index in [2.05, 4.69) is 0 Å². The lowest BCUT2D eigenvalue weighted by Crippen LogP contribution is -2.29. The summed E-state index contributed by atoms with van der Waals surface area (Å²) in [4.78, 5) is 11.8. The van der Waals surface area contributed by atoms with E-state index >= 15 is 0 Å². The summed E-state index contributed by atoms with van der Waals surface area (Å²) in [6.45, 7) is 5.15. The van der Waals surface area contributed by atoms with Gasteiger partial charge in [0, 0.05) is 13.0 Å². The highest BCUT2D eigenvalue weighted by atomic mass is 16.5. The maximum atomic E-state index is 11.8. The molecule has 0 aliphatic carbocycles. The van der Waals surface area contributed by atoms with Gasteiger partial charge in [0.25, 0.3) is 0 Å². The monoisotopic (exact) mass is 250 g/mol. The molecule has 1 N–H and O–H groups in total. The fraction of sp³-hybridized carbons (Fsp3) is 0.333. The molecule has 0 aliphatic heterocycles. The van der Waals surface area contributed by atoms with Crippen LogP contribution < -0.4 is 4.73 Å². The molecule has 0 radical (unpaired) electrons. The number of fused-ring (bicyclic) bond motifs is 1. The summed E-state index contributed by atoms with van der Waals surface area (Å²) >= 11 is 0. The average molecular weight is 250 g/mol. The summed E-state index contributed by atoms with van der Waals surface area (Å²) in [5, 5.41) is 21.9. The Morgan fingerprint density at radius 3 is 2.83 bits per heavy atom. The van der Waals surface area contributed by atoms with E-state index in [0.29, 0.717) is 27.0 Å². The summed E-state index contributed by atoms with van der Waals surface area (Å²) in [5.74, 6) is -0.545. The molecule has 0 spiro atoms. The summed E-state index contributed by atoms with van der Waals surface area (Å²) in [6.07, 6.45) is 1.27. The molecule has 18 heavy (non-hydrogen) atoms. The minimum absolute atomic E-state index is 0.221. The van der Waals surface area contributed by atoms with Gasteiger partial charge in [-0.15, -0.1) is 0 Å². The van der Waals surface area contributed by atoms with Crippen molar-refractivity contribution in [3.05, 3.63) is 34.4 Å². The Morgan fingerprint density at radius 1 is 1.56 bits per heavy atom. The molecule has 0 fully saturated rings. The van der Waals surface area contributed by atoms with Crippen molar-refractivity contribution in [1.82, 2.24) is 4.73 Å². The Labute approximate surface area is 104 Å². The number of hydrogen-bond donors (Lipinski definition) is 1. The minimum atomic E-state index is -0.545. The molecule has 2 aromatic rings. The van der Waals surface area contributed by atoms with Gasteiger partial charge in [0.2, 0.25) is 0 Å². The van der Waals surface area contributed by atoms with Gasteiger partial charge < -0.3 is 15.2 Å². The predicted octanol–water partition coefficient (Wildman–Crippen LogP) is 1.31. The molecule has 2 heterocycles. The fourth-order valence-corrected chi connectivity index (χ4v) is 1.93. The zero-order chi connectivity index (χ0) is 13.4. The van der Waals surface area contributed by atoms with E-state index in [1.54, 1.807) is 20.8 Å². The van der Waals surface area contributed by atoms with Crippen LogP contribution in [0.3, 0.4) is 0 Å². The number of aryl methyl sites for hydroxylation is 1. The molecule has 0 bridgehead atoms. The Morgan fingerprint density at radius 2 is 2.22 bits per heavy atom. The number of carbonyl (C=O) groups is 1. The molecule has 0 atom stereocenters. The molecule has 2 aromatic heterocycles. The normalized spacial score (nSPS) is 10.8. The van der Waals surface area contributed by atoms with Gasteiger partial charge in [-0.2, -0.15) is 9.46 Å². The first kappa shape index (κ1) is 12.2. The van der Waals surface area contributed by atoms with Crippen molar-refractivity contribution in [3.8, 4) is 0 Å². The van der Waals surface area contributed by atoms with Crippen molar-refractivity contribution >= 4 is 16.9 Å². The maximum absolute atomic E-state index is 11.8. The van der Waals surface area contributed by atoms with Crippen molar-refractivity contribution in [3.63, 3.8) is 0 Å². The molecule has 0 aromatic carbocycles. The van der Waals surface area contributed by atoms with Crippen LogP contribution >= 0.6 is 0 Å². The first-order valence-electron chi connectivity index (χ1n) is 5.58. The van der Waals surface area contributed by atoms with Crippen LogP contribution in [0.5, 0.6) is 0 Å². The van der Waals surface area contributed by atoms with Gasteiger partial charge >= 0.3 is 5.97 Å². The Kier molecular flexibility index (Phi) is 2.86. The van der Waals surface area contributed by atoms with E-state index < -0.39 is 5.97 Å². The summed E-state index contributed by atoms with van der Waals surface area (Å²) in [5.41, 5.74) is 1.43. The number of esters is 1. The lowest BCUT2D eigenvalue weighted by Gasteiger charge is -2.02. The van der Waals surface area contributed by atoms with Gasteiger partial charge in [-0.25, -0.2) is 4.79 Å². The van der Waals surface area contributed by atoms with Crippen LogP contribution in [-0.2, 0) is 4.74 Å². The molecule has 96 valence electrons. The third kappa shape index (κ3) is 1.66. The first-order valence-corrected chi connectivity index (χ1v) is 5.58. The van der Waals surface area contributed by atoms with E-state index in [1.807, 2.05) is 0 Å². The number of ether oxygens (including phenoxy) is 1. The van der Waals surface area contributed by atoms with Gasteiger partial charge in [0.15, 0.2) is 11.9 Å². The second kappa shape index (κ2) is 4.21. The highest BCUT2D eigenvalue weighted by Gasteiger charge is 2.23. The summed E-state index contributed by atoms with van der Waals surface area (Å²) < 4.78 is 6.48. The summed E-state index contributed by atoms with van der Waals surface area (Å²) in [6, 6.07) is 1.53. The first-order chi connectivity index (χ1) is 8.47. The van der Waals surface area contributed by atoms with Crippen molar-refractivity contribution in [2.24, 2.45) is 0 Å².